The van der Waals surface area contributed by atoms with Gasteiger partial charge in [-0.15, -0.1) is 0 Å². The average molecular weight is 452 g/mol. The van der Waals surface area contributed by atoms with E-state index in [9.17, 15) is 13.2 Å². The standard InChI is InChI=1S/C24H25N3O4S/c1-19-12-14-22(15-13-19)27(32(2,29)30)17-24(28)26-25-16-21-10-6-7-11-23(21)31-18-20-8-4-3-5-9-20/h3-16H,17-18H2,1-2H3,(H,26,28)/b25-16-. The number of carbonyl (C=O) groups excluding carboxylic acids is 1. The Morgan fingerprint density at radius 2 is 1.66 bits per heavy atom. The number of benzene rings is 3. The Kier molecular flexibility index (Phi) is 7.62. The van der Waals surface area contributed by atoms with Crippen molar-refractivity contribution in [3.63, 3.8) is 0 Å². The molecule has 0 aliphatic heterocycles. The third-order valence-electron chi connectivity index (χ3n) is 4.56. The van der Waals surface area contributed by atoms with Crippen LogP contribution in [0.1, 0.15) is 16.7 Å². The van der Waals surface area contributed by atoms with Crippen LogP contribution < -0.4 is 14.5 Å². The predicted octanol–water partition coefficient (Wildman–Crippen LogP) is 3.49. The van der Waals surface area contributed by atoms with Crippen LogP contribution in [-0.4, -0.2) is 33.3 Å². The van der Waals surface area contributed by atoms with E-state index in [1.54, 1.807) is 24.3 Å². The summed E-state index contributed by atoms with van der Waals surface area (Å²) in [5, 5.41) is 3.97. The molecule has 0 aliphatic rings. The van der Waals surface area contributed by atoms with Crippen molar-refractivity contribution in [2.45, 2.75) is 13.5 Å². The molecule has 166 valence electrons. The van der Waals surface area contributed by atoms with Crippen LogP contribution in [0.15, 0.2) is 84.0 Å². The largest absolute Gasteiger partial charge is 0.488 e. The van der Waals surface area contributed by atoms with Crippen LogP contribution in [0.25, 0.3) is 0 Å². The number of nitrogens with zero attached hydrogens (tertiary/aromatic N) is 2. The molecule has 0 unspecified atom stereocenters. The Bertz CT molecular complexity index is 1180. The highest BCUT2D eigenvalue weighted by atomic mass is 32.2. The van der Waals surface area contributed by atoms with Gasteiger partial charge in [-0.2, -0.15) is 5.10 Å². The van der Waals surface area contributed by atoms with Crippen LogP contribution in [0.5, 0.6) is 5.75 Å². The summed E-state index contributed by atoms with van der Waals surface area (Å²) < 4.78 is 31.2. The maximum atomic E-state index is 12.4. The summed E-state index contributed by atoms with van der Waals surface area (Å²) in [7, 11) is -3.64. The molecule has 0 bridgehead atoms. The van der Waals surface area contributed by atoms with Gasteiger partial charge in [0.2, 0.25) is 10.0 Å². The zero-order chi connectivity index (χ0) is 23.0. The lowest BCUT2D eigenvalue weighted by atomic mass is 10.2. The first-order valence-electron chi connectivity index (χ1n) is 9.95. The maximum Gasteiger partial charge on any atom is 0.260 e. The van der Waals surface area contributed by atoms with Crippen LogP contribution in [0.2, 0.25) is 0 Å². The van der Waals surface area contributed by atoms with E-state index in [2.05, 4.69) is 10.5 Å². The predicted molar refractivity (Wildman–Crippen MR) is 126 cm³/mol. The van der Waals surface area contributed by atoms with Gasteiger partial charge >= 0.3 is 0 Å². The summed E-state index contributed by atoms with van der Waals surface area (Å²) >= 11 is 0. The summed E-state index contributed by atoms with van der Waals surface area (Å²) in [5.74, 6) is 0.0571. The molecule has 32 heavy (non-hydrogen) atoms. The first kappa shape index (κ1) is 23.0. The van der Waals surface area contributed by atoms with Gasteiger partial charge in [-0.25, -0.2) is 13.8 Å². The van der Waals surface area contributed by atoms with Crippen LogP contribution in [0.4, 0.5) is 5.69 Å². The molecule has 0 atom stereocenters. The third-order valence-corrected chi connectivity index (χ3v) is 5.70. The maximum absolute atomic E-state index is 12.4. The van der Waals surface area contributed by atoms with Crippen molar-refractivity contribution < 1.29 is 17.9 Å². The van der Waals surface area contributed by atoms with Gasteiger partial charge in [0, 0.05) is 5.56 Å². The van der Waals surface area contributed by atoms with Crippen molar-refractivity contribution in [2.24, 2.45) is 5.10 Å². The molecule has 0 saturated carbocycles. The molecule has 0 fully saturated rings. The molecule has 0 aliphatic carbocycles. The van der Waals surface area contributed by atoms with Gasteiger partial charge in [-0.3, -0.25) is 9.10 Å². The molecule has 0 radical (unpaired) electrons. The number of sulfonamides is 1. The normalized spacial score (nSPS) is 11.3. The lowest BCUT2D eigenvalue weighted by Crippen LogP contribution is -2.39. The topological polar surface area (TPSA) is 88.1 Å². The molecule has 0 spiro atoms. The summed E-state index contributed by atoms with van der Waals surface area (Å²) in [5.41, 5.74) is 5.50. The van der Waals surface area contributed by atoms with Crippen LogP contribution >= 0.6 is 0 Å². The van der Waals surface area contributed by atoms with E-state index >= 15 is 0 Å². The van der Waals surface area contributed by atoms with Crippen molar-refractivity contribution in [1.82, 2.24) is 5.43 Å². The number of para-hydroxylation sites is 1. The zero-order valence-electron chi connectivity index (χ0n) is 17.9. The molecule has 8 heteroatoms. The van der Waals surface area contributed by atoms with Crippen molar-refractivity contribution in [3.8, 4) is 5.75 Å². The fraction of sp³-hybridized carbons (Fsp3) is 0.167. The van der Waals surface area contributed by atoms with Gasteiger partial charge in [-0.1, -0.05) is 60.2 Å². The van der Waals surface area contributed by atoms with Crippen LogP contribution in [0, 0.1) is 6.92 Å². The molecule has 3 aromatic rings. The van der Waals surface area contributed by atoms with Gasteiger partial charge < -0.3 is 4.74 Å². The number of hydrogen-bond donors (Lipinski definition) is 1. The molecule has 0 aromatic heterocycles. The minimum Gasteiger partial charge on any atom is -0.488 e. The molecule has 0 saturated heterocycles. The van der Waals surface area contributed by atoms with E-state index in [0.29, 0.717) is 23.6 Å². The van der Waals surface area contributed by atoms with Gasteiger partial charge in [0.15, 0.2) is 0 Å². The van der Waals surface area contributed by atoms with Gasteiger partial charge in [-0.05, 0) is 36.8 Å². The van der Waals surface area contributed by atoms with Crippen molar-refractivity contribution in [3.05, 3.63) is 95.6 Å². The Morgan fingerprint density at radius 1 is 1.00 bits per heavy atom. The Labute approximate surface area is 188 Å². The second kappa shape index (κ2) is 10.6. The van der Waals surface area contributed by atoms with E-state index in [1.165, 1.54) is 6.21 Å². The number of hydrazone groups is 1. The van der Waals surface area contributed by atoms with Gasteiger partial charge in [0.1, 0.15) is 18.9 Å². The average Bonchev–Trinajstić information content (AvgIpc) is 2.77. The lowest BCUT2D eigenvalue weighted by molar-refractivity contribution is -0.119. The first-order valence-corrected chi connectivity index (χ1v) is 11.8. The Balaban J connectivity index is 1.64. The second-order valence-corrected chi connectivity index (χ2v) is 9.12. The summed E-state index contributed by atoms with van der Waals surface area (Å²) in [6.07, 6.45) is 2.53. The van der Waals surface area contributed by atoms with Crippen molar-refractivity contribution >= 4 is 27.8 Å². The first-order chi connectivity index (χ1) is 15.3. The minimum atomic E-state index is -3.64. The SMILES string of the molecule is Cc1ccc(N(CC(=O)N/N=C\c2ccccc2OCc2ccccc2)S(C)(=O)=O)cc1. The number of amides is 1. The lowest BCUT2D eigenvalue weighted by Gasteiger charge is -2.21. The van der Waals surface area contributed by atoms with E-state index in [-0.39, 0.29) is 6.54 Å². The fourth-order valence-electron chi connectivity index (χ4n) is 2.90. The highest BCUT2D eigenvalue weighted by Gasteiger charge is 2.20. The van der Waals surface area contributed by atoms with Crippen molar-refractivity contribution in [1.29, 1.82) is 0 Å². The molecule has 0 heterocycles. The highest BCUT2D eigenvalue weighted by Crippen LogP contribution is 2.19. The van der Waals surface area contributed by atoms with E-state index in [4.69, 9.17) is 4.74 Å². The molecule has 1 amide bonds. The van der Waals surface area contributed by atoms with E-state index < -0.39 is 15.9 Å². The highest BCUT2D eigenvalue weighted by molar-refractivity contribution is 7.92. The minimum absolute atomic E-state index is 0.384. The summed E-state index contributed by atoms with van der Waals surface area (Å²) in [6, 6.07) is 24.0. The third kappa shape index (κ3) is 6.68. The zero-order valence-corrected chi connectivity index (χ0v) is 18.7. The van der Waals surface area contributed by atoms with E-state index in [1.807, 2.05) is 61.5 Å². The van der Waals surface area contributed by atoms with Crippen LogP contribution in [0.3, 0.4) is 0 Å². The van der Waals surface area contributed by atoms with Crippen molar-refractivity contribution in [2.75, 3.05) is 17.1 Å². The monoisotopic (exact) mass is 451 g/mol. The molecule has 3 rings (SSSR count). The van der Waals surface area contributed by atoms with E-state index in [0.717, 1.165) is 21.7 Å². The number of anilines is 1. The van der Waals surface area contributed by atoms with Crippen LogP contribution in [-0.2, 0) is 21.4 Å². The summed E-state index contributed by atoms with van der Waals surface area (Å²) in [6.45, 7) is 1.92. The molecule has 3 aromatic carbocycles. The molecule has 7 nitrogen and oxygen atoms in total. The molecular weight excluding hydrogens is 426 g/mol. The molecule has 1 N–H and O–H groups in total. The van der Waals surface area contributed by atoms with Gasteiger partial charge in [0.25, 0.3) is 5.91 Å². The number of carbonyl (C=O) groups is 1. The summed E-state index contributed by atoms with van der Waals surface area (Å²) in [4.78, 5) is 12.4. The number of ether oxygens (including phenoxy) is 1. The quantitative estimate of drug-likeness (QED) is 0.398. The Hall–Kier alpha value is -3.65. The molecular formula is C24H25N3O4S. The number of rotatable bonds is 9. The number of aryl methyl sites for hydroxylation is 1. The number of hydrogen-bond acceptors (Lipinski definition) is 5. The fourth-order valence-corrected chi connectivity index (χ4v) is 3.76. The second-order valence-electron chi connectivity index (χ2n) is 7.21. The smallest absolute Gasteiger partial charge is 0.260 e. The van der Waals surface area contributed by atoms with Gasteiger partial charge in [0.05, 0.1) is 18.2 Å². The number of nitrogens with one attached hydrogen (secondary N) is 1. The Morgan fingerprint density at radius 3 is 2.34 bits per heavy atom.